The Morgan fingerprint density at radius 3 is 2.60 bits per heavy atom. The highest BCUT2D eigenvalue weighted by atomic mass is 32.2. The number of nitrogens with zero attached hydrogens (tertiary/aromatic N) is 2. The molecule has 4 nitrogen and oxygen atoms in total. The third-order valence-electron chi connectivity index (χ3n) is 3.59. The molecule has 1 heterocycles. The van der Waals surface area contributed by atoms with Crippen LogP contribution >= 0.6 is 11.8 Å². The first-order valence-electron chi connectivity index (χ1n) is 7.84. The number of rotatable bonds is 7. The average Bonchev–Trinajstić information content (AvgIpc) is 2.43. The van der Waals surface area contributed by atoms with Crippen LogP contribution in [-0.4, -0.2) is 62.1 Å². The van der Waals surface area contributed by atoms with Crippen molar-refractivity contribution >= 4 is 17.7 Å². The van der Waals surface area contributed by atoms with Crippen molar-refractivity contribution in [2.45, 2.75) is 39.2 Å². The zero-order valence-corrected chi connectivity index (χ0v) is 14.4. The van der Waals surface area contributed by atoms with Crippen LogP contribution in [0.3, 0.4) is 0 Å². The molecule has 2 N–H and O–H groups in total. The summed E-state index contributed by atoms with van der Waals surface area (Å²) in [5.41, 5.74) is 0. The molecule has 0 aromatic heterocycles. The van der Waals surface area contributed by atoms with E-state index in [0.29, 0.717) is 6.04 Å². The summed E-state index contributed by atoms with van der Waals surface area (Å²) >= 11 is 1.90. The fourth-order valence-corrected chi connectivity index (χ4v) is 3.02. The molecule has 0 aromatic carbocycles. The Kier molecular flexibility index (Phi) is 9.10. The third kappa shape index (κ3) is 7.39. The molecule has 0 bridgehead atoms. The quantitative estimate of drug-likeness (QED) is 0.429. The lowest BCUT2D eigenvalue weighted by molar-refractivity contribution is 0.187. The van der Waals surface area contributed by atoms with Gasteiger partial charge in [-0.05, 0) is 37.2 Å². The standard InChI is InChI=1S/C15H32N4S/c1-13(2)12-19-9-6-14(7-10-19)18-15(16-3)17-8-5-11-20-4/h13-14H,5-12H2,1-4H3,(H2,16,17,18). The predicted molar refractivity (Wildman–Crippen MR) is 91.8 cm³/mol. The number of hydrogen-bond acceptors (Lipinski definition) is 3. The maximum absolute atomic E-state index is 4.32. The second-order valence-corrected chi connectivity index (χ2v) is 6.94. The fraction of sp³-hybridized carbons (Fsp3) is 0.933. The minimum atomic E-state index is 0.574. The monoisotopic (exact) mass is 300 g/mol. The molecular weight excluding hydrogens is 268 g/mol. The molecule has 0 radical (unpaired) electrons. The Morgan fingerprint density at radius 2 is 2.05 bits per heavy atom. The van der Waals surface area contributed by atoms with Crippen LogP contribution in [0, 0.1) is 5.92 Å². The summed E-state index contributed by atoms with van der Waals surface area (Å²) in [5, 5.41) is 6.97. The minimum absolute atomic E-state index is 0.574. The molecule has 20 heavy (non-hydrogen) atoms. The zero-order chi connectivity index (χ0) is 14.8. The van der Waals surface area contributed by atoms with Crippen LogP contribution in [0.15, 0.2) is 4.99 Å². The summed E-state index contributed by atoms with van der Waals surface area (Å²) in [5.74, 6) is 2.94. The van der Waals surface area contributed by atoms with Gasteiger partial charge in [0.1, 0.15) is 0 Å². The Labute approximate surface area is 129 Å². The van der Waals surface area contributed by atoms with Crippen molar-refractivity contribution in [3.8, 4) is 0 Å². The van der Waals surface area contributed by atoms with Crippen LogP contribution in [0.4, 0.5) is 0 Å². The van der Waals surface area contributed by atoms with E-state index in [4.69, 9.17) is 0 Å². The number of likely N-dealkylation sites (tertiary alicyclic amines) is 1. The largest absolute Gasteiger partial charge is 0.356 e. The van der Waals surface area contributed by atoms with E-state index in [9.17, 15) is 0 Å². The fourth-order valence-electron chi connectivity index (χ4n) is 2.59. The maximum Gasteiger partial charge on any atom is 0.191 e. The van der Waals surface area contributed by atoms with Gasteiger partial charge in [-0.25, -0.2) is 0 Å². The molecule has 1 rings (SSSR count). The highest BCUT2D eigenvalue weighted by Gasteiger charge is 2.20. The van der Waals surface area contributed by atoms with E-state index in [1.807, 2.05) is 18.8 Å². The summed E-state index contributed by atoms with van der Waals surface area (Å²) < 4.78 is 0. The molecule has 0 amide bonds. The second-order valence-electron chi connectivity index (χ2n) is 5.96. The van der Waals surface area contributed by atoms with E-state index in [-0.39, 0.29) is 0 Å². The smallest absolute Gasteiger partial charge is 0.191 e. The summed E-state index contributed by atoms with van der Waals surface area (Å²) in [6.45, 7) is 9.25. The summed E-state index contributed by atoms with van der Waals surface area (Å²) in [4.78, 5) is 6.90. The predicted octanol–water partition coefficient (Wildman–Crippen LogP) is 2.02. The van der Waals surface area contributed by atoms with E-state index in [1.54, 1.807) is 0 Å². The summed E-state index contributed by atoms with van der Waals surface area (Å²) in [6, 6.07) is 0.574. The number of nitrogens with one attached hydrogen (secondary N) is 2. The van der Waals surface area contributed by atoms with Gasteiger partial charge in [-0.3, -0.25) is 4.99 Å². The molecule has 0 aliphatic carbocycles. The zero-order valence-electron chi connectivity index (χ0n) is 13.6. The number of aliphatic imine (C=N–C) groups is 1. The second kappa shape index (κ2) is 10.3. The Bertz CT molecular complexity index is 273. The molecule has 5 heteroatoms. The Morgan fingerprint density at radius 1 is 1.35 bits per heavy atom. The molecule has 1 aliphatic rings. The molecule has 0 saturated carbocycles. The van der Waals surface area contributed by atoms with Gasteiger partial charge >= 0.3 is 0 Å². The van der Waals surface area contributed by atoms with Crippen molar-refractivity contribution < 1.29 is 0 Å². The van der Waals surface area contributed by atoms with Crippen LogP contribution in [0.5, 0.6) is 0 Å². The van der Waals surface area contributed by atoms with Gasteiger partial charge in [-0.2, -0.15) is 11.8 Å². The lowest BCUT2D eigenvalue weighted by atomic mass is 10.0. The molecule has 1 aliphatic heterocycles. The third-order valence-corrected chi connectivity index (χ3v) is 4.29. The number of thioether (sulfide) groups is 1. The molecular formula is C15H32N4S. The number of hydrogen-bond donors (Lipinski definition) is 2. The molecule has 0 atom stereocenters. The number of guanidine groups is 1. The molecule has 1 fully saturated rings. The van der Waals surface area contributed by atoms with Gasteiger partial charge in [0.25, 0.3) is 0 Å². The average molecular weight is 301 g/mol. The van der Waals surface area contributed by atoms with E-state index in [0.717, 1.165) is 18.4 Å². The van der Waals surface area contributed by atoms with Gasteiger partial charge in [-0.1, -0.05) is 13.8 Å². The molecule has 118 valence electrons. The van der Waals surface area contributed by atoms with Crippen LogP contribution in [0.25, 0.3) is 0 Å². The normalized spacial score (nSPS) is 18.6. The van der Waals surface area contributed by atoms with E-state index in [1.165, 1.54) is 44.6 Å². The molecule has 0 unspecified atom stereocenters. The highest BCUT2D eigenvalue weighted by molar-refractivity contribution is 7.98. The van der Waals surface area contributed by atoms with Crippen molar-refractivity contribution in [3.05, 3.63) is 0 Å². The first-order valence-corrected chi connectivity index (χ1v) is 9.23. The van der Waals surface area contributed by atoms with E-state index < -0.39 is 0 Å². The molecule has 1 saturated heterocycles. The minimum Gasteiger partial charge on any atom is -0.356 e. The van der Waals surface area contributed by atoms with Crippen molar-refractivity contribution in [3.63, 3.8) is 0 Å². The van der Waals surface area contributed by atoms with Crippen molar-refractivity contribution in [2.75, 3.05) is 45.2 Å². The van der Waals surface area contributed by atoms with Crippen molar-refractivity contribution in [1.29, 1.82) is 0 Å². The Hall–Kier alpha value is -0.420. The SMILES string of the molecule is CN=C(NCCCSC)NC1CCN(CC(C)C)CC1. The molecule has 0 spiro atoms. The first-order chi connectivity index (χ1) is 9.65. The summed E-state index contributed by atoms with van der Waals surface area (Å²) in [6.07, 6.45) is 5.78. The van der Waals surface area contributed by atoms with Gasteiger partial charge in [-0.15, -0.1) is 0 Å². The van der Waals surface area contributed by atoms with E-state index >= 15 is 0 Å². The van der Waals surface area contributed by atoms with Crippen LogP contribution < -0.4 is 10.6 Å². The lowest BCUT2D eigenvalue weighted by Crippen LogP contribution is -2.49. The maximum atomic E-state index is 4.32. The topological polar surface area (TPSA) is 39.7 Å². The van der Waals surface area contributed by atoms with Gasteiger partial charge in [0.15, 0.2) is 5.96 Å². The van der Waals surface area contributed by atoms with Crippen LogP contribution in [-0.2, 0) is 0 Å². The summed E-state index contributed by atoms with van der Waals surface area (Å²) in [7, 11) is 1.86. The van der Waals surface area contributed by atoms with Gasteiger partial charge in [0.05, 0.1) is 0 Å². The lowest BCUT2D eigenvalue weighted by Gasteiger charge is -2.34. The van der Waals surface area contributed by atoms with Crippen molar-refractivity contribution in [2.24, 2.45) is 10.9 Å². The number of piperidine rings is 1. The van der Waals surface area contributed by atoms with Crippen LogP contribution in [0.1, 0.15) is 33.1 Å². The molecule has 0 aromatic rings. The van der Waals surface area contributed by atoms with Gasteiger partial charge in [0, 0.05) is 39.3 Å². The van der Waals surface area contributed by atoms with Gasteiger partial charge in [0.2, 0.25) is 0 Å². The highest BCUT2D eigenvalue weighted by Crippen LogP contribution is 2.11. The van der Waals surface area contributed by atoms with Crippen molar-refractivity contribution in [1.82, 2.24) is 15.5 Å². The van der Waals surface area contributed by atoms with Gasteiger partial charge < -0.3 is 15.5 Å². The van der Waals surface area contributed by atoms with E-state index in [2.05, 4.69) is 40.6 Å². The first kappa shape index (κ1) is 17.6. The van der Waals surface area contributed by atoms with Crippen LogP contribution in [0.2, 0.25) is 0 Å². The Balaban J connectivity index is 2.20.